The predicted molar refractivity (Wildman–Crippen MR) is 109 cm³/mol. The van der Waals surface area contributed by atoms with Crippen molar-refractivity contribution in [1.82, 2.24) is 4.98 Å². The predicted octanol–water partition coefficient (Wildman–Crippen LogP) is 4.66. The van der Waals surface area contributed by atoms with Crippen LogP contribution in [0.25, 0.3) is 0 Å². The van der Waals surface area contributed by atoms with Crippen molar-refractivity contribution in [2.24, 2.45) is 0 Å². The summed E-state index contributed by atoms with van der Waals surface area (Å²) in [6.45, 7) is 1.73. The molecule has 31 heavy (non-hydrogen) atoms. The molecule has 1 saturated heterocycles. The number of benzene rings is 2. The van der Waals surface area contributed by atoms with Gasteiger partial charge in [-0.05, 0) is 42.3 Å². The number of para-hydroxylation sites is 1. The van der Waals surface area contributed by atoms with Gasteiger partial charge in [-0.2, -0.15) is 13.2 Å². The first kappa shape index (κ1) is 21.3. The van der Waals surface area contributed by atoms with Crippen LogP contribution in [0.3, 0.4) is 0 Å². The van der Waals surface area contributed by atoms with E-state index in [1.165, 1.54) is 24.4 Å². The topological polar surface area (TPSA) is 59.5 Å². The van der Waals surface area contributed by atoms with Gasteiger partial charge in [0.15, 0.2) is 5.03 Å². The van der Waals surface area contributed by atoms with Crippen LogP contribution in [0.4, 0.5) is 18.9 Å². The number of nitrogens with zero attached hydrogens (tertiary/aromatic N) is 2. The molecular formula is C22H19F3N2O3S. The third-order valence-corrected chi connectivity index (χ3v) is 7.26. The molecule has 9 heteroatoms. The first-order valence-corrected chi connectivity index (χ1v) is 11.0. The van der Waals surface area contributed by atoms with Crippen molar-refractivity contribution >= 4 is 15.5 Å². The van der Waals surface area contributed by atoms with Crippen LogP contribution in [0.2, 0.25) is 0 Å². The second-order valence-electron chi connectivity index (χ2n) is 7.21. The van der Waals surface area contributed by atoms with Gasteiger partial charge in [-0.25, -0.2) is 18.5 Å². The summed E-state index contributed by atoms with van der Waals surface area (Å²) in [6.07, 6.45) is -6.25. The molecular weight excluding hydrogens is 429 g/mol. The summed E-state index contributed by atoms with van der Waals surface area (Å²) in [5.74, 6) is 0. The van der Waals surface area contributed by atoms with Crippen molar-refractivity contribution < 1.29 is 26.4 Å². The third-order valence-electron chi connectivity index (χ3n) is 5.22. The molecule has 0 saturated carbocycles. The molecule has 0 N–H and O–H groups in total. The van der Waals surface area contributed by atoms with E-state index in [-0.39, 0.29) is 0 Å². The number of hydrogen-bond acceptors (Lipinski definition) is 5. The lowest BCUT2D eigenvalue weighted by atomic mass is 9.96. The average molecular weight is 448 g/mol. The summed E-state index contributed by atoms with van der Waals surface area (Å²) in [5, 5.41) is -1.32. The maximum atomic E-state index is 14.1. The SMILES string of the molecule is Cc1ccccc1[C@@H]1[C@@H](S(=O)(=O)c2ccccn2)[C@H](C(F)(F)F)ON1c1ccccc1. The summed E-state index contributed by atoms with van der Waals surface area (Å²) >= 11 is 0. The maximum absolute atomic E-state index is 14.1. The highest BCUT2D eigenvalue weighted by Gasteiger charge is 2.62. The van der Waals surface area contributed by atoms with Crippen molar-refractivity contribution in [1.29, 1.82) is 0 Å². The Balaban J connectivity index is 1.96. The molecule has 1 aliphatic rings. The van der Waals surface area contributed by atoms with Crippen molar-refractivity contribution in [2.75, 3.05) is 5.06 Å². The van der Waals surface area contributed by atoms with E-state index in [9.17, 15) is 21.6 Å². The van der Waals surface area contributed by atoms with Gasteiger partial charge >= 0.3 is 6.18 Å². The fraction of sp³-hybridized carbons (Fsp3) is 0.227. The van der Waals surface area contributed by atoms with Crippen LogP contribution in [-0.2, 0) is 14.7 Å². The Labute approximate surface area is 178 Å². The summed E-state index contributed by atoms with van der Waals surface area (Å²) in [5.41, 5.74) is 1.41. The number of pyridine rings is 1. The summed E-state index contributed by atoms with van der Waals surface area (Å²) in [7, 11) is -4.52. The highest BCUT2D eigenvalue weighted by molar-refractivity contribution is 7.92. The molecule has 2 heterocycles. The molecule has 3 aromatic rings. The first-order chi connectivity index (χ1) is 14.7. The minimum absolute atomic E-state index is 0.323. The largest absolute Gasteiger partial charge is 0.418 e. The molecule has 0 unspecified atom stereocenters. The zero-order valence-corrected chi connectivity index (χ0v) is 17.2. The summed E-state index contributed by atoms with van der Waals surface area (Å²) < 4.78 is 69.3. The Kier molecular flexibility index (Phi) is 5.49. The van der Waals surface area contributed by atoms with Gasteiger partial charge in [0.25, 0.3) is 0 Å². The number of hydroxylamine groups is 1. The van der Waals surface area contributed by atoms with Crippen LogP contribution in [-0.4, -0.2) is 30.9 Å². The Morgan fingerprint density at radius 2 is 1.58 bits per heavy atom. The van der Waals surface area contributed by atoms with Gasteiger partial charge in [0.05, 0.1) is 5.69 Å². The van der Waals surface area contributed by atoms with Crippen molar-refractivity contribution in [3.05, 3.63) is 90.1 Å². The van der Waals surface area contributed by atoms with E-state index >= 15 is 0 Å². The zero-order valence-electron chi connectivity index (χ0n) is 16.4. The second kappa shape index (κ2) is 7.97. The van der Waals surface area contributed by atoms with Crippen LogP contribution < -0.4 is 5.06 Å². The van der Waals surface area contributed by atoms with Gasteiger partial charge in [0.1, 0.15) is 11.3 Å². The Bertz CT molecular complexity index is 1160. The van der Waals surface area contributed by atoms with Crippen molar-refractivity contribution in [3.8, 4) is 0 Å². The Morgan fingerprint density at radius 1 is 0.935 bits per heavy atom. The maximum Gasteiger partial charge on any atom is 0.418 e. The Hall–Kier alpha value is -2.91. The van der Waals surface area contributed by atoms with Crippen LogP contribution >= 0.6 is 0 Å². The van der Waals surface area contributed by atoms with E-state index in [0.29, 0.717) is 16.8 Å². The van der Waals surface area contributed by atoms with Gasteiger partial charge in [-0.15, -0.1) is 0 Å². The molecule has 0 aliphatic carbocycles. The zero-order chi connectivity index (χ0) is 22.2. The lowest BCUT2D eigenvalue weighted by Crippen LogP contribution is -2.43. The van der Waals surface area contributed by atoms with Gasteiger partial charge in [0.2, 0.25) is 15.9 Å². The van der Waals surface area contributed by atoms with E-state index in [2.05, 4.69) is 4.98 Å². The molecule has 2 aromatic carbocycles. The van der Waals surface area contributed by atoms with Gasteiger partial charge in [0, 0.05) is 6.20 Å². The summed E-state index contributed by atoms with van der Waals surface area (Å²) in [4.78, 5) is 9.19. The molecule has 0 radical (unpaired) electrons. The Morgan fingerprint density at radius 3 is 2.19 bits per heavy atom. The van der Waals surface area contributed by atoms with E-state index in [1.807, 2.05) is 0 Å². The van der Waals surface area contributed by atoms with Crippen molar-refractivity contribution in [3.63, 3.8) is 0 Å². The van der Waals surface area contributed by atoms with Gasteiger partial charge in [-0.3, -0.25) is 4.84 Å². The first-order valence-electron chi connectivity index (χ1n) is 9.49. The minimum atomic E-state index is -4.92. The normalized spacial score (nSPS) is 21.9. The van der Waals surface area contributed by atoms with Crippen LogP contribution in [0.15, 0.2) is 84.0 Å². The van der Waals surface area contributed by atoms with Crippen LogP contribution in [0.5, 0.6) is 0 Å². The highest BCUT2D eigenvalue weighted by atomic mass is 32.2. The van der Waals surface area contributed by atoms with E-state index in [0.717, 1.165) is 5.06 Å². The minimum Gasteiger partial charge on any atom is -0.258 e. The van der Waals surface area contributed by atoms with Crippen molar-refractivity contribution in [2.45, 2.75) is 35.5 Å². The lowest BCUT2D eigenvalue weighted by Gasteiger charge is -2.28. The molecule has 0 bridgehead atoms. The number of hydrogen-bond donors (Lipinski definition) is 0. The van der Waals surface area contributed by atoms with Gasteiger partial charge in [-0.1, -0.05) is 48.5 Å². The fourth-order valence-corrected chi connectivity index (χ4v) is 5.68. The standard InChI is InChI=1S/C22H19F3N2O3S/c1-15-9-5-6-12-17(15)19-20(31(28,29)18-13-7-8-14-26-18)21(22(23,24)25)30-27(19)16-10-3-2-4-11-16/h2-14,19-21H,1H3/t19-,20-,21-/m1/s1. The van der Waals surface area contributed by atoms with E-state index < -0.39 is 38.4 Å². The molecule has 162 valence electrons. The molecule has 0 amide bonds. The number of sulfone groups is 1. The lowest BCUT2D eigenvalue weighted by molar-refractivity contribution is -0.208. The monoisotopic (exact) mass is 448 g/mol. The molecule has 1 fully saturated rings. The number of rotatable bonds is 4. The number of anilines is 1. The summed E-state index contributed by atoms with van der Waals surface area (Å²) in [6, 6.07) is 17.8. The smallest absolute Gasteiger partial charge is 0.258 e. The molecule has 5 nitrogen and oxygen atoms in total. The average Bonchev–Trinajstić information content (AvgIpc) is 3.17. The molecule has 4 rings (SSSR count). The highest BCUT2D eigenvalue weighted by Crippen LogP contribution is 2.48. The number of aromatic nitrogens is 1. The molecule has 1 aliphatic heterocycles. The number of alkyl halides is 3. The van der Waals surface area contributed by atoms with Crippen LogP contribution in [0.1, 0.15) is 17.2 Å². The number of halogens is 3. The quantitative estimate of drug-likeness (QED) is 0.581. The van der Waals surface area contributed by atoms with Gasteiger partial charge < -0.3 is 0 Å². The number of aryl methyl sites for hydroxylation is 1. The second-order valence-corrected chi connectivity index (χ2v) is 9.26. The third kappa shape index (κ3) is 3.90. The molecule has 3 atom stereocenters. The molecule has 1 aromatic heterocycles. The fourth-order valence-electron chi connectivity index (χ4n) is 3.80. The van der Waals surface area contributed by atoms with Crippen LogP contribution in [0, 0.1) is 6.92 Å². The van der Waals surface area contributed by atoms with E-state index in [1.54, 1.807) is 61.5 Å². The molecule has 0 spiro atoms. The van der Waals surface area contributed by atoms with E-state index in [4.69, 9.17) is 4.84 Å².